The Morgan fingerprint density at radius 2 is 1.84 bits per heavy atom. The third-order valence-corrected chi connectivity index (χ3v) is 8.61. The topological polar surface area (TPSA) is 106 Å². The highest BCUT2D eigenvalue weighted by Crippen LogP contribution is 2.30. The zero-order valence-corrected chi connectivity index (χ0v) is 25.2. The lowest BCUT2D eigenvalue weighted by Gasteiger charge is -2.37. The Bertz CT molecular complexity index is 1380. The summed E-state index contributed by atoms with van der Waals surface area (Å²) < 4.78 is 6.27. The van der Waals surface area contributed by atoms with Crippen molar-refractivity contribution in [1.29, 1.82) is 0 Å². The van der Waals surface area contributed by atoms with Gasteiger partial charge in [0.15, 0.2) is 5.60 Å². The second-order valence-corrected chi connectivity index (χ2v) is 12.4. The number of carbonyl (C=O) groups is 2. The van der Waals surface area contributed by atoms with Crippen LogP contribution >= 0.6 is 0 Å². The predicted molar refractivity (Wildman–Crippen MR) is 167 cm³/mol. The molecule has 0 radical (unpaired) electrons. The van der Waals surface area contributed by atoms with Gasteiger partial charge in [-0.15, -0.1) is 0 Å². The summed E-state index contributed by atoms with van der Waals surface area (Å²) in [4.78, 5) is 32.9. The first-order chi connectivity index (χ1) is 20.9. The Morgan fingerprint density at radius 3 is 2.56 bits per heavy atom. The molecule has 1 aliphatic carbocycles. The molecule has 0 spiro atoms. The van der Waals surface area contributed by atoms with E-state index in [1.54, 1.807) is 0 Å². The minimum Gasteiger partial charge on any atom is -0.478 e. The molecule has 2 aliphatic heterocycles. The average molecular weight is 586 g/mol. The smallest absolute Gasteiger partial charge is 0.318 e. The van der Waals surface area contributed by atoms with E-state index < -0.39 is 5.60 Å². The summed E-state index contributed by atoms with van der Waals surface area (Å²) in [6.07, 6.45) is 7.73. The van der Waals surface area contributed by atoms with Gasteiger partial charge in [0.05, 0.1) is 6.20 Å². The molecule has 3 aliphatic rings. The van der Waals surface area contributed by atoms with E-state index >= 15 is 0 Å². The SMILES string of the molecule is CC(C)(Oc1cccc(N2CCC[C@@H](NC(=O)N(Cc3ccc(-c4cn[nH]c4)cc3)C3CC3)C2)c1)C(=O)N1CCNCC1. The molecule has 2 aromatic carbocycles. The molecule has 3 fully saturated rings. The van der Waals surface area contributed by atoms with Crippen LogP contribution in [0.2, 0.25) is 0 Å². The molecule has 3 N–H and O–H groups in total. The van der Waals surface area contributed by atoms with Gasteiger partial charge in [-0.3, -0.25) is 9.89 Å². The van der Waals surface area contributed by atoms with Crippen LogP contribution in [-0.2, 0) is 11.3 Å². The first-order valence-corrected chi connectivity index (χ1v) is 15.5. The van der Waals surface area contributed by atoms with E-state index in [9.17, 15) is 9.59 Å². The number of H-pyrrole nitrogens is 1. The molecule has 3 amide bonds. The lowest BCUT2D eigenvalue weighted by atomic mass is 10.0. The molecule has 0 unspecified atom stereocenters. The number of piperazine rings is 1. The number of rotatable bonds is 9. The summed E-state index contributed by atoms with van der Waals surface area (Å²) in [5.74, 6) is 0.685. The summed E-state index contributed by atoms with van der Waals surface area (Å²) in [7, 11) is 0. The maximum absolute atomic E-state index is 13.5. The van der Waals surface area contributed by atoms with Gasteiger partial charge in [-0.25, -0.2) is 4.79 Å². The number of piperidine rings is 1. The molecular weight excluding hydrogens is 542 g/mol. The van der Waals surface area contributed by atoms with Crippen molar-refractivity contribution >= 4 is 17.6 Å². The fourth-order valence-electron chi connectivity index (χ4n) is 6.08. The molecule has 1 saturated carbocycles. The van der Waals surface area contributed by atoms with Crippen molar-refractivity contribution in [2.45, 2.75) is 63.8 Å². The molecule has 1 atom stereocenters. The van der Waals surface area contributed by atoms with Crippen LogP contribution in [-0.4, -0.2) is 88.9 Å². The summed E-state index contributed by atoms with van der Waals surface area (Å²) >= 11 is 0. The predicted octanol–water partition coefficient (Wildman–Crippen LogP) is 4.01. The van der Waals surface area contributed by atoms with Gasteiger partial charge < -0.3 is 30.1 Å². The number of aromatic nitrogens is 2. The fourth-order valence-corrected chi connectivity index (χ4v) is 6.08. The minimum atomic E-state index is -0.958. The van der Waals surface area contributed by atoms with Gasteiger partial charge in [0.25, 0.3) is 5.91 Å². The van der Waals surface area contributed by atoms with Crippen LogP contribution < -0.4 is 20.3 Å². The number of amides is 3. The number of hydrogen-bond donors (Lipinski definition) is 3. The van der Waals surface area contributed by atoms with Gasteiger partial charge in [-0.05, 0) is 62.8 Å². The third kappa shape index (κ3) is 7.13. The Kier molecular flexibility index (Phi) is 8.56. The summed E-state index contributed by atoms with van der Waals surface area (Å²) in [5.41, 5.74) is 3.36. The third-order valence-electron chi connectivity index (χ3n) is 8.61. The monoisotopic (exact) mass is 585 g/mol. The number of aromatic amines is 1. The van der Waals surface area contributed by atoms with E-state index in [0.717, 1.165) is 74.2 Å². The molecule has 0 bridgehead atoms. The highest BCUT2D eigenvalue weighted by molar-refractivity contribution is 5.85. The van der Waals surface area contributed by atoms with Crippen LogP contribution in [0.3, 0.4) is 0 Å². The van der Waals surface area contributed by atoms with Gasteiger partial charge in [0, 0.05) is 81.4 Å². The van der Waals surface area contributed by atoms with E-state index in [1.165, 1.54) is 0 Å². The number of anilines is 1. The standard InChI is InChI=1S/C33H43N7O3/c1-33(2,31(41)38-17-14-34-15-18-38)43-30-7-3-6-29(19-30)39-16-4-5-27(23-39)37-32(42)40(28-12-13-28)22-24-8-10-25(11-9-24)26-20-35-36-21-26/h3,6-11,19-21,27-28,34H,4-5,12-18,22-23H2,1-2H3,(H,35,36)(H,37,42)/t27-/m1/s1. The number of carbonyl (C=O) groups excluding carboxylic acids is 2. The van der Waals surface area contributed by atoms with E-state index in [0.29, 0.717) is 31.4 Å². The number of hydrogen-bond acceptors (Lipinski definition) is 6. The molecule has 1 aromatic heterocycles. The van der Waals surface area contributed by atoms with Gasteiger partial charge >= 0.3 is 6.03 Å². The van der Waals surface area contributed by atoms with Crippen molar-refractivity contribution in [3.8, 4) is 16.9 Å². The first kappa shape index (κ1) is 29.0. The van der Waals surface area contributed by atoms with Crippen LogP contribution in [0.15, 0.2) is 60.9 Å². The molecule has 6 rings (SSSR count). The Morgan fingerprint density at radius 1 is 1.05 bits per heavy atom. The van der Waals surface area contributed by atoms with Crippen LogP contribution in [0.25, 0.3) is 11.1 Å². The van der Waals surface area contributed by atoms with Crippen LogP contribution in [0.1, 0.15) is 45.1 Å². The molecule has 228 valence electrons. The van der Waals surface area contributed by atoms with Crippen LogP contribution in [0.5, 0.6) is 5.75 Å². The van der Waals surface area contributed by atoms with Crippen molar-refractivity contribution in [1.82, 2.24) is 30.6 Å². The molecule has 3 aromatic rings. The lowest BCUT2D eigenvalue weighted by Crippen LogP contribution is -2.54. The molecular formula is C33H43N7O3. The Balaban J connectivity index is 1.06. The van der Waals surface area contributed by atoms with Crippen molar-refractivity contribution in [2.24, 2.45) is 0 Å². The second-order valence-electron chi connectivity index (χ2n) is 12.4. The number of benzene rings is 2. The fraction of sp³-hybridized carbons (Fsp3) is 0.485. The number of nitrogens with zero attached hydrogens (tertiary/aromatic N) is 4. The zero-order valence-electron chi connectivity index (χ0n) is 25.2. The number of urea groups is 1. The van der Waals surface area contributed by atoms with E-state index in [2.05, 4.69) is 56.1 Å². The Labute approximate surface area is 253 Å². The average Bonchev–Trinajstić information content (AvgIpc) is 3.72. The van der Waals surface area contributed by atoms with Gasteiger partial charge in [-0.1, -0.05) is 30.3 Å². The van der Waals surface area contributed by atoms with Crippen molar-refractivity contribution in [3.05, 3.63) is 66.5 Å². The van der Waals surface area contributed by atoms with Crippen molar-refractivity contribution in [3.63, 3.8) is 0 Å². The van der Waals surface area contributed by atoms with Crippen molar-refractivity contribution in [2.75, 3.05) is 44.2 Å². The van der Waals surface area contributed by atoms with Crippen LogP contribution in [0, 0.1) is 0 Å². The van der Waals surface area contributed by atoms with Crippen LogP contribution in [0.4, 0.5) is 10.5 Å². The largest absolute Gasteiger partial charge is 0.478 e. The normalized spacial score (nSPS) is 19.2. The highest BCUT2D eigenvalue weighted by atomic mass is 16.5. The van der Waals surface area contributed by atoms with E-state index in [1.807, 2.05) is 54.2 Å². The summed E-state index contributed by atoms with van der Waals surface area (Å²) in [6.45, 7) is 8.94. The summed E-state index contributed by atoms with van der Waals surface area (Å²) in [6, 6.07) is 16.7. The number of ether oxygens (including phenoxy) is 1. The van der Waals surface area contributed by atoms with Gasteiger partial charge in [-0.2, -0.15) is 5.10 Å². The van der Waals surface area contributed by atoms with Gasteiger partial charge in [0.2, 0.25) is 0 Å². The first-order valence-electron chi connectivity index (χ1n) is 15.5. The maximum atomic E-state index is 13.5. The second kappa shape index (κ2) is 12.7. The Hall–Kier alpha value is -4.05. The van der Waals surface area contributed by atoms with E-state index in [-0.39, 0.29) is 18.0 Å². The minimum absolute atomic E-state index is 0.00859. The molecule has 43 heavy (non-hydrogen) atoms. The quantitative estimate of drug-likeness (QED) is 0.351. The van der Waals surface area contributed by atoms with E-state index in [4.69, 9.17) is 4.74 Å². The molecule has 3 heterocycles. The zero-order chi connectivity index (χ0) is 29.8. The number of nitrogens with one attached hydrogen (secondary N) is 3. The lowest BCUT2D eigenvalue weighted by molar-refractivity contribution is -0.146. The molecule has 2 saturated heterocycles. The van der Waals surface area contributed by atoms with Crippen molar-refractivity contribution < 1.29 is 14.3 Å². The molecule has 10 heteroatoms. The summed E-state index contributed by atoms with van der Waals surface area (Å²) in [5, 5.41) is 13.5. The van der Waals surface area contributed by atoms with Gasteiger partial charge in [0.1, 0.15) is 5.75 Å². The highest BCUT2D eigenvalue weighted by Gasteiger charge is 2.36. The molecule has 10 nitrogen and oxygen atoms in total. The maximum Gasteiger partial charge on any atom is 0.318 e.